The van der Waals surface area contributed by atoms with Gasteiger partial charge in [0.05, 0.1) is 13.2 Å². The normalized spacial score (nSPS) is 10.9. The Morgan fingerprint density at radius 2 is 2.12 bits per heavy atom. The standard InChI is InChI=1S/C13H23NO2S/c1-15-11-8-14-7-2-3-9-16-10-6-13-5-4-12-17-13/h4-5,12,14H,2-3,6-11H2,1H3. The van der Waals surface area contributed by atoms with Gasteiger partial charge in [-0.2, -0.15) is 0 Å². The molecule has 0 aliphatic heterocycles. The molecule has 98 valence electrons. The Balaban J connectivity index is 1.76. The number of thiophene rings is 1. The Labute approximate surface area is 108 Å². The molecule has 0 atom stereocenters. The molecule has 0 amide bonds. The fraction of sp³-hybridized carbons (Fsp3) is 0.692. The third-order valence-electron chi connectivity index (χ3n) is 2.45. The van der Waals surface area contributed by atoms with Crippen LogP contribution in [0.3, 0.4) is 0 Å². The van der Waals surface area contributed by atoms with Gasteiger partial charge in [0.15, 0.2) is 0 Å². The molecular formula is C13H23NO2S. The molecule has 1 aromatic rings. The van der Waals surface area contributed by atoms with Crippen molar-refractivity contribution in [3.63, 3.8) is 0 Å². The van der Waals surface area contributed by atoms with Gasteiger partial charge in [-0.3, -0.25) is 0 Å². The number of methoxy groups -OCH3 is 1. The number of hydrogen-bond donors (Lipinski definition) is 1. The summed E-state index contributed by atoms with van der Waals surface area (Å²) in [5.74, 6) is 0. The largest absolute Gasteiger partial charge is 0.383 e. The number of ether oxygens (including phenoxy) is 2. The molecular weight excluding hydrogens is 234 g/mol. The second-order valence-corrected chi connectivity index (χ2v) is 4.92. The topological polar surface area (TPSA) is 30.5 Å². The molecule has 1 N–H and O–H groups in total. The zero-order valence-corrected chi connectivity index (χ0v) is 11.4. The lowest BCUT2D eigenvalue weighted by Gasteiger charge is -2.05. The molecule has 0 fully saturated rings. The summed E-state index contributed by atoms with van der Waals surface area (Å²) in [6.07, 6.45) is 3.34. The summed E-state index contributed by atoms with van der Waals surface area (Å²) in [5, 5.41) is 5.43. The van der Waals surface area contributed by atoms with Crippen LogP contribution in [0.5, 0.6) is 0 Å². The van der Waals surface area contributed by atoms with Crippen LogP contribution in [0, 0.1) is 0 Å². The Hall–Kier alpha value is -0.420. The molecule has 17 heavy (non-hydrogen) atoms. The highest BCUT2D eigenvalue weighted by molar-refractivity contribution is 7.09. The lowest BCUT2D eigenvalue weighted by Crippen LogP contribution is -2.20. The Kier molecular flexibility index (Phi) is 9.23. The number of hydrogen-bond acceptors (Lipinski definition) is 4. The Morgan fingerprint density at radius 3 is 2.88 bits per heavy atom. The van der Waals surface area contributed by atoms with Crippen molar-refractivity contribution in [2.75, 3.05) is 40.0 Å². The lowest BCUT2D eigenvalue weighted by molar-refractivity contribution is 0.133. The highest BCUT2D eigenvalue weighted by Crippen LogP contribution is 2.08. The van der Waals surface area contributed by atoms with Crippen molar-refractivity contribution in [2.24, 2.45) is 0 Å². The van der Waals surface area contributed by atoms with Crippen LogP contribution in [0.4, 0.5) is 0 Å². The molecule has 0 saturated heterocycles. The van der Waals surface area contributed by atoms with E-state index in [0.717, 1.165) is 45.8 Å². The summed E-state index contributed by atoms with van der Waals surface area (Å²) in [7, 11) is 1.73. The van der Waals surface area contributed by atoms with E-state index in [0.29, 0.717) is 0 Å². The zero-order valence-electron chi connectivity index (χ0n) is 10.6. The van der Waals surface area contributed by atoms with Gasteiger partial charge in [-0.1, -0.05) is 6.07 Å². The van der Waals surface area contributed by atoms with Gasteiger partial charge >= 0.3 is 0 Å². The maximum absolute atomic E-state index is 5.59. The van der Waals surface area contributed by atoms with Crippen LogP contribution in [-0.4, -0.2) is 40.0 Å². The third kappa shape index (κ3) is 8.32. The average molecular weight is 257 g/mol. The quantitative estimate of drug-likeness (QED) is 0.617. The van der Waals surface area contributed by atoms with Gasteiger partial charge in [-0.25, -0.2) is 0 Å². The van der Waals surface area contributed by atoms with Crippen LogP contribution in [0.25, 0.3) is 0 Å². The summed E-state index contributed by atoms with van der Waals surface area (Å²) >= 11 is 1.80. The maximum Gasteiger partial charge on any atom is 0.0587 e. The molecule has 4 heteroatoms. The third-order valence-corrected chi connectivity index (χ3v) is 3.38. The minimum absolute atomic E-state index is 0.789. The first-order valence-electron chi connectivity index (χ1n) is 6.23. The molecule has 0 radical (unpaired) electrons. The summed E-state index contributed by atoms with van der Waals surface area (Å²) in [6, 6.07) is 4.25. The molecule has 0 bridgehead atoms. The smallest absolute Gasteiger partial charge is 0.0587 e. The number of nitrogens with one attached hydrogen (secondary N) is 1. The van der Waals surface area contributed by atoms with Crippen molar-refractivity contribution >= 4 is 11.3 Å². The van der Waals surface area contributed by atoms with E-state index in [1.807, 2.05) is 0 Å². The summed E-state index contributed by atoms with van der Waals surface area (Å²) in [5.41, 5.74) is 0. The minimum atomic E-state index is 0.789. The highest BCUT2D eigenvalue weighted by atomic mass is 32.1. The maximum atomic E-state index is 5.59. The van der Waals surface area contributed by atoms with E-state index in [4.69, 9.17) is 9.47 Å². The van der Waals surface area contributed by atoms with Crippen LogP contribution >= 0.6 is 11.3 Å². The van der Waals surface area contributed by atoms with Crippen LogP contribution in [0.2, 0.25) is 0 Å². The molecule has 0 aromatic carbocycles. The van der Waals surface area contributed by atoms with E-state index in [1.54, 1.807) is 18.4 Å². The zero-order chi connectivity index (χ0) is 12.2. The average Bonchev–Trinajstić information content (AvgIpc) is 2.85. The van der Waals surface area contributed by atoms with Crippen molar-refractivity contribution in [1.82, 2.24) is 5.32 Å². The Morgan fingerprint density at radius 1 is 1.18 bits per heavy atom. The molecule has 0 spiro atoms. The molecule has 0 saturated carbocycles. The van der Waals surface area contributed by atoms with E-state index in [-0.39, 0.29) is 0 Å². The van der Waals surface area contributed by atoms with Crippen molar-refractivity contribution in [3.05, 3.63) is 22.4 Å². The van der Waals surface area contributed by atoms with Crippen LogP contribution < -0.4 is 5.32 Å². The Bertz CT molecular complexity index is 252. The van der Waals surface area contributed by atoms with Gasteiger partial charge < -0.3 is 14.8 Å². The van der Waals surface area contributed by atoms with Gasteiger partial charge in [-0.05, 0) is 30.8 Å². The summed E-state index contributed by atoms with van der Waals surface area (Å²) in [6.45, 7) is 4.50. The first-order chi connectivity index (χ1) is 8.43. The van der Waals surface area contributed by atoms with Crippen molar-refractivity contribution in [2.45, 2.75) is 19.3 Å². The second kappa shape index (κ2) is 10.7. The van der Waals surface area contributed by atoms with E-state index in [9.17, 15) is 0 Å². The van der Waals surface area contributed by atoms with Gasteiger partial charge in [0.25, 0.3) is 0 Å². The first-order valence-corrected chi connectivity index (χ1v) is 7.11. The van der Waals surface area contributed by atoms with Gasteiger partial charge in [0.1, 0.15) is 0 Å². The van der Waals surface area contributed by atoms with Gasteiger partial charge in [0.2, 0.25) is 0 Å². The number of rotatable bonds is 11. The van der Waals surface area contributed by atoms with E-state index in [1.165, 1.54) is 11.3 Å². The van der Waals surface area contributed by atoms with E-state index < -0.39 is 0 Å². The SMILES string of the molecule is COCCNCCCCOCCc1cccs1. The fourth-order valence-electron chi connectivity index (χ4n) is 1.48. The van der Waals surface area contributed by atoms with Gasteiger partial charge in [-0.15, -0.1) is 11.3 Å². The molecule has 1 aromatic heterocycles. The molecule has 0 aliphatic carbocycles. The predicted molar refractivity (Wildman–Crippen MR) is 72.8 cm³/mol. The van der Waals surface area contributed by atoms with Crippen molar-refractivity contribution in [3.8, 4) is 0 Å². The summed E-state index contributed by atoms with van der Waals surface area (Å²) < 4.78 is 10.5. The van der Waals surface area contributed by atoms with E-state index >= 15 is 0 Å². The summed E-state index contributed by atoms with van der Waals surface area (Å²) in [4.78, 5) is 1.41. The van der Waals surface area contributed by atoms with E-state index in [2.05, 4.69) is 22.8 Å². The molecule has 0 aliphatic rings. The predicted octanol–water partition coefficient (Wildman–Crippen LogP) is 2.32. The fourth-order valence-corrected chi connectivity index (χ4v) is 2.17. The highest BCUT2D eigenvalue weighted by Gasteiger charge is 1.94. The second-order valence-electron chi connectivity index (χ2n) is 3.89. The monoisotopic (exact) mass is 257 g/mol. The van der Waals surface area contributed by atoms with Crippen LogP contribution in [-0.2, 0) is 15.9 Å². The van der Waals surface area contributed by atoms with Crippen molar-refractivity contribution < 1.29 is 9.47 Å². The molecule has 0 unspecified atom stereocenters. The molecule has 1 rings (SSSR count). The van der Waals surface area contributed by atoms with Gasteiger partial charge in [0, 0.05) is 31.6 Å². The number of unbranched alkanes of at least 4 members (excludes halogenated alkanes) is 1. The van der Waals surface area contributed by atoms with Crippen LogP contribution in [0.15, 0.2) is 17.5 Å². The lowest BCUT2D eigenvalue weighted by atomic mass is 10.3. The minimum Gasteiger partial charge on any atom is -0.383 e. The molecule has 1 heterocycles. The first kappa shape index (κ1) is 14.6. The molecule has 3 nitrogen and oxygen atoms in total. The van der Waals surface area contributed by atoms with Crippen molar-refractivity contribution in [1.29, 1.82) is 0 Å². The van der Waals surface area contributed by atoms with Crippen LogP contribution in [0.1, 0.15) is 17.7 Å².